The second-order valence-corrected chi connectivity index (χ2v) is 8.15. The van der Waals surface area contributed by atoms with Crippen molar-refractivity contribution in [3.63, 3.8) is 0 Å². The predicted octanol–water partition coefficient (Wildman–Crippen LogP) is 2.48. The lowest BCUT2D eigenvalue weighted by atomic mass is 9.83. The maximum atomic E-state index is 6.08. The number of hydrogen-bond acceptors (Lipinski definition) is 5. The Kier molecular flexibility index (Phi) is 7.64. The lowest BCUT2D eigenvalue weighted by molar-refractivity contribution is -0.122. The van der Waals surface area contributed by atoms with E-state index in [1.807, 2.05) is 20.8 Å². The number of rotatable bonds is 11. The zero-order valence-corrected chi connectivity index (χ0v) is 14.6. The van der Waals surface area contributed by atoms with E-state index in [1.54, 1.807) is 7.11 Å². The molecule has 1 aliphatic heterocycles. The van der Waals surface area contributed by atoms with E-state index in [0.717, 1.165) is 19.6 Å². The summed E-state index contributed by atoms with van der Waals surface area (Å²) < 4.78 is 28.9. The molecule has 1 fully saturated rings. The monoisotopic (exact) mass is 306 g/mol. The highest BCUT2D eigenvalue weighted by atomic mass is 28.4. The zero-order chi connectivity index (χ0) is 15.1. The molecule has 20 heavy (non-hydrogen) atoms. The summed E-state index contributed by atoms with van der Waals surface area (Å²) in [4.78, 5) is 0. The zero-order valence-electron chi connectivity index (χ0n) is 13.6. The first-order valence-electron chi connectivity index (χ1n) is 7.57. The first kappa shape index (κ1) is 18.1. The SMILES string of the molecule is CCO[Si](OCC)(OCC)C(CCOC)C1(C)COC1. The summed E-state index contributed by atoms with van der Waals surface area (Å²) in [6, 6.07) is 0. The minimum Gasteiger partial charge on any atom is -0.385 e. The van der Waals surface area contributed by atoms with Gasteiger partial charge >= 0.3 is 8.80 Å². The van der Waals surface area contributed by atoms with Gasteiger partial charge in [0, 0.05) is 44.5 Å². The Bertz CT molecular complexity index is 253. The molecule has 0 bridgehead atoms. The summed E-state index contributed by atoms with van der Waals surface area (Å²) in [6.07, 6.45) is 0.878. The van der Waals surface area contributed by atoms with Crippen LogP contribution < -0.4 is 0 Å². The minimum absolute atomic E-state index is 0.0598. The third kappa shape index (κ3) is 4.02. The molecule has 0 saturated carbocycles. The van der Waals surface area contributed by atoms with Gasteiger partial charge in [-0.3, -0.25) is 0 Å². The normalized spacial score (nSPS) is 19.6. The molecule has 0 N–H and O–H groups in total. The van der Waals surface area contributed by atoms with E-state index in [0.29, 0.717) is 26.4 Å². The lowest BCUT2D eigenvalue weighted by Gasteiger charge is -2.49. The van der Waals surface area contributed by atoms with E-state index in [-0.39, 0.29) is 11.0 Å². The molecule has 5 nitrogen and oxygen atoms in total. The van der Waals surface area contributed by atoms with Gasteiger partial charge in [-0.05, 0) is 27.2 Å². The largest absolute Gasteiger partial charge is 0.505 e. The summed E-state index contributed by atoms with van der Waals surface area (Å²) in [5.74, 6) is 0. The average molecular weight is 306 g/mol. The van der Waals surface area contributed by atoms with E-state index in [4.69, 9.17) is 22.8 Å². The maximum absolute atomic E-state index is 6.08. The molecule has 1 atom stereocenters. The highest BCUT2D eigenvalue weighted by Gasteiger charge is 2.59. The van der Waals surface area contributed by atoms with E-state index in [9.17, 15) is 0 Å². The fraction of sp³-hybridized carbons (Fsp3) is 1.00. The summed E-state index contributed by atoms with van der Waals surface area (Å²) in [5, 5.41) is 0. The Labute approximate surface area is 124 Å². The lowest BCUT2D eigenvalue weighted by Crippen LogP contribution is -2.60. The van der Waals surface area contributed by atoms with Gasteiger partial charge in [0.1, 0.15) is 0 Å². The smallest absolute Gasteiger partial charge is 0.385 e. The molecule has 1 rings (SSSR count). The van der Waals surface area contributed by atoms with Gasteiger partial charge in [0.05, 0.1) is 13.2 Å². The number of methoxy groups -OCH3 is 1. The van der Waals surface area contributed by atoms with Crippen LogP contribution in [-0.2, 0) is 22.8 Å². The third-order valence-electron chi connectivity index (χ3n) is 3.78. The van der Waals surface area contributed by atoms with Gasteiger partial charge < -0.3 is 22.8 Å². The summed E-state index contributed by atoms with van der Waals surface area (Å²) in [5.41, 5.74) is 0.271. The molecule has 0 radical (unpaired) electrons. The highest BCUT2D eigenvalue weighted by molar-refractivity contribution is 6.62. The molecule has 6 heteroatoms. The van der Waals surface area contributed by atoms with Crippen molar-refractivity contribution in [1.29, 1.82) is 0 Å². The molecule has 0 aromatic heterocycles. The number of hydrogen-bond donors (Lipinski definition) is 0. The van der Waals surface area contributed by atoms with Gasteiger partial charge in [-0.1, -0.05) is 6.92 Å². The standard InChI is InChI=1S/C14H30O5Si/c1-6-17-20(18-7-2,19-8-3)13(9-10-15-5)14(4)11-16-12-14/h13H,6-12H2,1-5H3. The van der Waals surface area contributed by atoms with Crippen molar-refractivity contribution in [2.45, 2.75) is 39.7 Å². The van der Waals surface area contributed by atoms with E-state index in [2.05, 4.69) is 6.92 Å². The quantitative estimate of drug-likeness (QED) is 0.549. The van der Waals surface area contributed by atoms with Gasteiger partial charge in [0.2, 0.25) is 0 Å². The molecule has 0 spiro atoms. The van der Waals surface area contributed by atoms with Crippen molar-refractivity contribution >= 4 is 8.80 Å². The fourth-order valence-corrected chi connectivity index (χ4v) is 6.40. The van der Waals surface area contributed by atoms with Gasteiger partial charge in [0.25, 0.3) is 0 Å². The third-order valence-corrected chi connectivity index (χ3v) is 7.69. The van der Waals surface area contributed by atoms with Crippen LogP contribution in [0.2, 0.25) is 5.54 Å². The van der Waals surface area contributed by atoms with Crippen LogP contribution in [0.15, 0.2) is 0 Å². The first-order chi connectivity index (χ1) is 9.58. The molecule has 120 valence electrons. The van der Waals surface area contributed by atoms with Crippen LogP contribution in [-0.4, -0.2) is 55.6 Å². The Morgan fingerprint density at radius 2 is 1.55 bits per heavy atom. The van der Waals surface area contributed by atoms with Gasteiger partial charge in [-0.2, -0.15) is 0 Å². The molecule has 0 aliphatic carbocycles. The van der Waals surface area contributed by atoms with Crippen molar-refractivity contribution in [1.82, 2.24) is 0 Å². The van der Waals surface area contributed by atoms with Crippen LogP contribution in [0.25, 0.3) is 0 Å². The van der Waals surface area contributed by atoms with Crippen LogP contribution in [0.3, 0.4) is 0 Å². The van der Waals surface area contributed by atoms with Crippen molar-refractivity contribution < 1.29 is 22.8 Å². The second kappa shape index (κ2) is 8.46. The summed E-state index contributed by atoms with van der Waals surface area (Å²) in [7, 11) is -1.00. The van der Waals surface area contributed by atoms with Crippen LogP contribution in [0.4, 0.5) is 0 Å². The minimum atomic E-state index is -2.73. The van der Waals surface area contributed by atoms with Crippen molar-refractivity contribution in [2.75, 3.05) is 46.8 Å². The van der Waals surface area contributed by atoms with E-state index in [1.165, 1.54) is 0 Å². The average Bonchev–Trinajstić information content (AvgIpc) is 2.38. The molecular weight excluding hydrogens is 276 g/mol. The van der Waals surface area contributed by atoms with Crippen molar-refractivity contribution in [2.24, 2.45) is 5.41 Å². The molecule has 1 saturated heterocycles. The molecule has 1 unspecified atom stereocenters. The molecular formula is C14H30O5Si. The topological polar surface area (TPSA) is 46.2 Å². The molecule has 1 heterocycles. The van der Waals surface area contributed by atoms with Crippen LogP contribution >= 0.6 is 0 Å². The summed E-state index contributed by atoms with van der Waals surface area (Å²) >= 11 is 0. The Hall–Kier alpha value is 0.0169. The van der Waals surface area contributed by atoms with Gasteiger partial charge in [-0.15, -0.1) is 0 Å². The Balaban J connectivity index is 2.99. The van der Waals surface area contributed by atoms with E-state index < -0.39 is 8.80 Å². The Morgan fingerprint density at radius 1 is 1.05 bits per heavy atom. The van der Waals surface area contributed by atoms with E-state index >= 15 is 0 Å². The van der Waals surface area contributed by atoms with Crippen molar-refractivity contribution in [3.8, 4) is 0 Å². The Morgan fingerprint density at radius 3 is 1.85 bits per heavy atom. The highest BCUT2D eigenvalue weighted by Crippen LogP contribution is 2.48. The summed E-state index contributed by atoms with van der Waals surface area (Å²) in [6.45, 7) is 12.2. The molecule has 0 aromatic rings. The van der Waals surface area contributed by atoms with Gasteiger partial charge in [0.15, 0.2) is 0 Å². The molecule has 1 aliphatic rings. The molecule has 0 aromatic carbocycles. The fourth-order valence-electron chi connectivity index (χ4n) is 2.84. The first-order valence-corrected chi connectivity index (χ1v) is 9.37. The van der Waals surface area contributed by atoms with Crippen LogP contribution in [0, 0.1) is 5.41 Å². The van der Waals surface area contributed by atoms with Crippen molar-refractivity contribution in [3.05, 3.63) is 0 Å². The van der Waals surface area contributed by atoms with Crippen LogP contribution in [0.5, 0.6) is 0 Å². The molecule has 0 amide bonds. The van der Waals surface area contributed by atoms with Crippen LogP contribution in [0.1, 0.15) is 34.1 Å². The maximum Gasteiger partial charge on any atom is 0.505 e. The second-order valence-electron chi connectivity index (χ2n) is 5.38. The predicted molar refractivity (Wildman–Crippen MR) is 79.8 cm³/mol. The van der Waals surface area contributed by atoms with Gasteiger partial charge in [-0.25, -0.2) is 0 Å². The number of ether oxygens (including phenoxy) is 2.